The first kappa shape index (κ1) is 16.5. The number of amides is 2. The second-order valence-corrected chi connectivity index (χ2v) is 5.62. The molecule has 6 nitrogen and oxygen atoms in total. The van der Waals surface area contributed by atoms with E-state index in [4.69, 9.17) is 10.5 Å². The first-order valence-corrected chi connectivity index (χ1v) is 7.48. The third-order valence-electron chi connectivity index (χ3n) is 3.83. The molecule has 0 unspecified atom stereocenters. The lowest BCUT2D eigenvalue weighted by Gasteiger charge is -2.31. The number of carbonyl (C=O) groups is 2. The number of likely N-dealkylation sites (tertiary alicyclic amines) is 1. The van der Waals surface area contributed by atoms with E-state index in [1.54, 1.807) is 7.11 Å². The SMILES string of the molecule is COCc1ccc(C(=O)NC2CCN(CC(N)=O)CC2)cc1. The Morgan fingerprint density at radius 2 is 1.91 bits per heavy atom. The number of primary amides is 1. The molecule has 1 aromatic carbocycles. The van der Waals surface area contributed by atoms with Gasteiger partial charge >= 0.3 is 0 Å². The normalized spacial score (nSPS) is 16.4. The highest BCUT2D eigenvalue weighted by Crippen LogP contribution is 2.11. The summed E-state index contributed by atoms with van der Waals surface area (Å²) in [7, 11) is 1.64. The standard InChI is InChI=1S/C16H23N3O3/c1-22-11-12-2-4-13(5-3-12)16(21)18-14-6-8-19(9-7-14)10-15(17)20/h2-5,14H,6-11H2,1H3,(H2,17,20)(H,18,21). The fraction of sp³-hybridized carbons (Fsp3) is 0.500. The van der Waals surface area contributed by atoms with E-state index < -0.39 is 0 Å². The highest BCUT2D eigenvalue weighted by Gasteiger charge is 2.21. The smallest absolute Gasteiger partial charge is 0.251 e. The van der Waals surface area contributed by atoms with Gasteiger partial charge in [-0.2, -0.15) is 0 Å². The molecule has 2 amide bonds. The fourth-order valence-electron chi connectivity index (χ4n) is 2.64. The van der Waals surface area contributed by atoms with Gasteiger partial charge in [0.25, 0.3) is 5.91 Å². The van der Waals surface area contributed by atoms with Gasteiger partial charge in [-0.3, -0.25) is 14.5 Å². The molecule has 0 aliphatic carbocycles. The summed E-state index contributed by atoms with van der Waals surface area (Å²) in [5, 5.41) is 3.05. The number of rotatable bonds is 6. The molecule has 3 N–H and O–H groups in total. The molecule has 0 atom stereocenters. The Morgan fingerprint density at radius 3 is 2.45 bits per heavy atom. The lowest BCUT2D eigenvalue weighted by molar-refractivity contribution is -0.119. The van der Waals surface area contributed by atoms with E-state index in [0.717, 1.165) is 31.5 Å². The Morgan fingerprint density at radius 1 is 1.27 bits per heavy atom. The molecule has 6 heteroatoms. The zero-order valence-electron chi connectivity index (χ0n) is 12.9. The number of carbonyl (C=O) groups excluding carboxylic acids is 2. The van der Waals surface area contributed by atoms with E-state index in [-0.39, 0.29) is 17.9 Å². The zero-order chi connectivity index (χ0) is 15.9. The largest absolute Gasteiger partial charge is 0.380 e. The van der Waals surface area contributed by atoms with Crippen molar-refractivity contribution >= 4 is 11.8 Å². The molecule has 2 rings (SSSR count). The van der Waals surface area contributed by atoms with Crippen molar-refractivity contribution in [1.82, 2.24) is 10.2 Å². The second kappa shape index (κ2) is 7.91. The molecule has 0 saturated carbocycles. The third kappa shape index (κ3) is 4.82. The maximum atomic E-state index is 12.2. The van der Waals surface area contributed by atoms with Crippen molar-refractivity contribution in [2.45, 2.75) is 25.5 Å². The van der Waals surface area contributed by atoms with Crippen molar-refractivity contribution in [3.05, 3.63) is 35.4 Å². The lowest BCUT2D eigenvalue weighted by atomic mass is 10.0. The predicted molar refractivity (Wildman–Crippen MR) is 83.3 cm³/mol. The quantitative estimate of drug-likeness (QED) is 0.802. The molecule has 1 fully saturated rings. The van der Waals surface area contributed by atoms with Crippen LogP contribution in [0, 0.1) is 0 Å². The number of methoxy groups -OCH3 is 1. The summed E-state index contributed by atoms with van der Waals surface area (Å²) < 4.78 is 5.05. The highest BCUT2D eigenvalue weighted by molar-refractivity contribution is 5.94. The maximum Gasteiger partial charge on any atom is 0.251 e. The van der Waals surface area contributed by atoms with Crippen LogP contribution in [0.1, 0.15) is 28.8 Å². The van der Waals surface area contributed by atoms with Crippen molar-refractivity contribution in [3.63, 3.8) is 0 Å². The van der Waals surface area contributed by atoms with Gasteiger partial charge in [-0.1, -0.05) is 12.1 Å². The Labute approximate surface area is 130 Å². The number of hydrogen-bond acceptors (Lipinski definition) is 4. The molecule has 0 aromatic heterocycles. The third-order valence-corrected chi connectivity index (χ3v) is 3.83. The van der Waals surface area contributed by atoms with Crippen LogP contribution in [0.5, 0.6) is 0 Å². The van der Waals surface area contributed by atoms with Gasteiger partial charge in [0.05, 0.1) is 13.2 Å². The molecular formula is C16H23N3O3. The number of nitrogens with two attached hydrogens (primary N) is 1. The summed E-state index contributed by atoms with van der Waals surface area (Å²) in [6, 6.07) is 7.56. The van der Waals surface area contributed by atoms with E-state index >= 15 is 0 Å². The van der Waals surface area contributed by atoms with Crippen LogP contribution in [0.4, 0.5) is 0 Å². The van der Waals surface area contributed by atoms with Crippen LogP contribution >= 0.6 is 0 Å². The molecular weight excluding hydrogens is 282 g/mol. The van der Waals surface area contributed by atoms with Crippen LogP contribution in [0.25, 0.3) is 0 Å². The van der Waals surface area contributed by atoms with Crippen LogP contribution < -0.4 is 11.1 Å². The van der Waals surface area contributed by atoms with Crippen molar-refractivity contribution in [3.8, 4) is 0 Å². The number of nitrogens with one attached hydrogen (secondary N) is 1. The highest BCUT2D eigenvalue weighted by atomic mass is 16.5. The van der Waals surface area contributed by atoms with Gasteiger partial charge in [0.15, 0.2) is 0 Å². The summed E-state index contributed by atoms with van der Waals surface area (Å²) in [6.45, 7) is 2.39. The number of hydrogen-bond donors (Lipinski definition) is 2. The maximum absolute atomic E-state index is 12.2. The molecule has 1 saturated heterocycles. The van der Waals surface area contributed by atoms with Gasteiger partial charge < -0.3 is 15.8 Å². The van der Waals surface area contributed by atoms with Crippen LogP contribution in [0.15, 0.2) is 24.3 Å². The first-order chi connectivity index (χ1) is 10.6. The van der Waals surface area contributed by atoms with E-state index in [1.807, 2.05) is 29.2 Å². The number of piperidine rings is 1. The molecule has 1 aromatic rings. The minimum Gasteiger partial charge on any atom is -0.380 e. The van der Waals surface area contributed by atoms with Crippen LogP contribution in [-0.2, 0) is 16.1 Å². The lowest BCUT2D eigenvalue weighted by Crippen LogP contribution is -2.46. The van der Waals surface area contributed by atoms with Gasteiger partial charge in [-0.15, -0.1) is 0 Å². The first-order valence-electron chi connectivity index (χ1n) is 7.48. The minimum absolute atomic E-state index is 0.0580. The monoisotopic (exact) mass is 305 g/mol. The molecule has 1 aliphatic rings. The topological polar surface area (TPSA) is 84.7 Å². The van der Waals surface area contributed by atoms with Crippen molar-refractivity contribution in [2.75, 3.05) is 26.7 Å². The van der Waals surface area contributed by atoms with E-state index in [0.29, 0.717) is 18.7 Å². The molecule has 0 spiro atoms. The summed E-state index contributed by atoms with van der Waals surface area (Å²) in [5.41, 5.74) is 6.88. The molecule has 22 heavy (non-hydrogen) atoms. The summed E-state index contributed by atoms with van der Waals surface area (Å²) >= 11 is 0. The van der Waals surface area contributed by atoms with Crippen molar-refractivity contribution in [1.29, 1.82) is 0 Å². The van der Waals surface area contributed by atoms with Gasteiger partial charge in [0, 0.05) is 31.8 Å². The van der Waals surface area contributed by atoms with Gasteiger partial charge in [0.1, 0.15) is 0 Å². The van der Waals surface area contributed by atoms with Crippen LogP contribution in [-0.4, -0.2) is 49.5 Å². The molecule has 120 valence electrons. The zero-order valence-corrected chi connectivity index (χ0v) is 12.9. The predicted octanol–water partition coefficient (Wildman–Crippen LogP) is 0.513. The number of benzene rings is 1. The van der Waals surface area contributed by atoms with E-state index in [1.165, 1.54) is 0 Å². The van der Waals surface area contributed by atoms with Gasteiger partial charge in [-0.05, 0) is 30.5 Å². The van der Waals surface area contributed by atoms with Crippen LogP contribution in [0.3, 0.4) is 0 Å². The Hall–Kier alpha value is -1.92. The number of ether oxygens (including phenoxy) is 1. The molecule has 0 bridgehead atoms. The van der Waals surface area contributed by atoms with E-state index in [9.17, 15) is 9.59 Å². The molecule has 0 radical (unpaired) electrons. The van der Waals surface area contributed by atoms with Crippen LogP contribution in [0.2, 0.25) is 0 Å². The summed E-state index contributed by atoms with van der Waals surface area (Å²) in [6.07, 6.45) is 1.67. The molecule has 1 heterocycles. The second-order valence-electron chi connectivity index (χ2n) is 5.62. The molecule has 1 aliphatic heterocycles. The minimum atomic E-state index is -0.307. The summed E-state index contributed by atoms with van der Waals surface area (Å²) in [4.78, 5) is 25.1. The van der Waals surface area contributed by atoms with Crippen molar-refractivity contribution in [2.24, 2.45) is 5.73 Å². The van der Waals surface area contributed by atoms with Crippen molar-refractivity contribution < 1.29 is 14.3 Å². The Kier molecular flexibility index (Phi) is 5.91. The van der Waals surface area contributed by atoms with Gasteiger partial charge in [-0.25, -0.2) is 0 Å². The van der Waals surface area contributed by atoms with Gasteiger partial charge in [0.2, 0.25) is 5.91 Å². The number of nitrogens with zero attached hydrogens (tertiary/aromatic N) is 1. The fourth-order valence-corrected chi connectivity index (χ4v) is 2.64. The summed E-state index contributed by atoms with van der Waals surface area (Å²) in [5.74, 6) is -0.365. The average Bonchev–Trinajstić information content (AvgIpc) is 2.50. The average molecular weight is 305 g/mol. The Balaban J connectivity index is 1.81. The Bertz CT molecular complexity index is 508. The van der Waals surface area contributed by atoms with E-state index in [2.05, 4.69) is 5.32 Å².